The molecule has 0 saturated heterocycles. The Morgan fingerprint density at radius 1 is 1.14 bits per heavy atom. The van der Waals surface area contributed by atoms with Crippen molar-refractivity contribution in [2.24, 2.45) is 23.5 Å². The zero-order chi connectivity index (χ0) is 25.6. The highest BCUT2D eigenvalue weighted by atomic mass is 16.5. The van der Waals surface area contributed by atoms with Gasteiger partial charge in [0.1, 0.15) is 11.5 Å². The number of carboxylic acids is 1. The van der Waals surface area contributed by atoms with Crippen molar-refractivity contribution in [2.45, 2.75) is 71.3 Å². The van der Waals surface area contributed by atoms with E-state index in [1.807, 2.05) is 38.1 Å². The lowest BCUT2D eigenvalue weighted by molar-refractivity contribution is -0.144. The van der Waals surface area contributed by atoms with Crippen molar-refractivity contribution in [3.63, 3.8) is 0 Å². The lowest BCUT2D eigenvalue weighted by Crippen LogP contribution is -2.45. The quantitative estimate of drug-likeness (QED) is 0.429. The summed E-state index contributed by atoms with van der Waals surface area (Å²) in [4.78, 5) is 37.9. The molecule has 8 nitrogen and oxygen atoms in total. The fourth-order valence-corrected chi connectivity index (χ4v) is 4.15. The first-order chi connectivity index (χ1) is 16.8. The van der Waals surface area contributed by atoms with Gasteiger partial charge in [-0.15, -0.1) is 0 Å². The Morgan fingerprint density at radius 2 is 1.86 bits per heavy atom. The number of carbonyl (C=O) groups is 3. The van der Waals surface area contributed by atoms with E-state index in [0.29, 0.717) is 45.6 Å². The molecule has 2 bridgehead atoms. The van der Waals surface area contributed by atoms with Crippen LogP contribution in [0.4, 0.5) is 0 Å². The molecule has 0 saturated carbocycles. The minimum absolute atomic E-state index is 0.00355. The normalized spacial score (nSPS) is 20.7. The largest absolute Gasteiger partial charge is 0.494 e. The highest BCUT2D eigenvalue weighted by Crippen LogP contribution is 2.22. The van der Waals surface area contributed by atoms with Gasteiger partial charge in [-0.1, -0.05) is 32.4 Å². The molecular formula is C27H42N2O6. The van der Waals surface area contributed by atoms with Gasteiger partial charge in [0.15, 0.2) is 0 Å². The predicted octanol–water partition coefficient (Wildman–Crippen LogP) is 3.35. The van der Waals surface area contributed by atoms with Gasteiger partial charge < -0.3 is 25.6 Å². The van der Waals surface area contributed by atoms with Crippen molar-refractivity contribution in [1.82, 2.24) is 5.32 Å². The highest BCUT2D eigenvalue weighted by molar-refractivity contribution is 5.89. The van der Waals surface area contributed by atoms with Crippen molar-refractivity contribution in [3.05, 3.63) is 29.8 Å². The van der Waals surface area contributed by atoms with Crippen LogP contribution in [-0.2, 0) is 25.5 Å². The van der Waals surface area contributed by atoms with Gasteiger partial charge in [0, 0.05) is 25.4 Å². The third-order valence-corrected chi connectivity index (χ3v) is 6.46. The van der Waals surface area contributed by atoms with Crippen LogP contribution in [0.15, 0.2) is 24.3 Å². The van der Waals surface area contributed by atoms with Gasteiger partial charge in [-0.2, -0.15) is 0 Å². The van der Waals surface area contributed by atoms with Gasteiger partial charge in [0.05, 0.1) is 25.2 Å². The van der Waals surface area contributed by atoms with Crippen LogP contribution in [0.1, 0.15) is 64.4 Å². The SMILES string of the molecule is CC(C)[C@H]1COCCCCOc2ccc(cc2)C[C@@H](CC(=O)C[C@@H](CCCCN)C(=O)O)C(=O)N1. The molecule has 196 valence electrons. The summed E-state index contributed by atoms with van der Waals surface area (Å²) in [6.45, 7) is 6.15. The van der Waals surface area contributed by atoms with Crippen molar-refractivity contribution in [3.8, 4) is 5.75 Å². The number of hydrogen-bond acceptors (Lipinski definition) is 6. The van der Waals surface area contributed by atoms with Crippen LogP contribution in [0.2, 0.25) is 0 Å². The number of ether oxygens (including phenoxy) is 2. The molecule has 3 rings (SSSR count). The molecule has 1 amide bonds. The fraction of sp³-hybridized carbons (Fsp3) is 0.667. The van der Waals surface area contributed by atoms with Crippen LogP contribution in [0.25, 0.3) is 0 Å². The molecule has 2 aliphatic rings. The summed E-state index contributed by atoms with van der Waals surface area (Å²) in [6, 6.07) is 7.42. The maximum absolute atomic E-state index is 13.3. The summed E-state index contributed by atoms with van der Waals surface area (Å²) in [7, 11) is 0. The van der Waals surface area contributed by atoms with Gasteiger partial charge in [0.2, 0.25) is 5.91 Å². The topological polar surface area (TPSA) is 128 Å². The number of carboxylic acid groups (broad SMARTS) is 1. The molecule has 2 aliphatic heterocycles. The molecule has 3 atom stereocenters. The number of unbranched alkanes of at least 4 members (excludes halogenated alkanes) is 1. The van der Waals surface area contributed by atoms with Crippen LogP contribution in [0.5, 0.6) is 5.75 Å². The van der Waals surface area contributed by atoms with Crippen LogP contribution >= 0.6 is 0 Å². The first kappa shape index (κ1) is 28.8. The molecule has 8 heteroatoms. The smallest absolute Gasteiger partial charge is 0.306 e. The highest BCUT2D eigenvalue weighted by Gasteiger charge is 2.28. The van der Waals surface area contributed by atoms with E-state index >= 15 is 0 Å². The molecular weight excluding hydrogens is 448 g/mol. The first-order valence-electron chi connectivity index (χ1n) is 12.8. The van der Waals surface area contributed by atoms with E-state index < -0.39 is 17.8 Å². The molecule has 1 aromatic rings. The van der Waals surface area contributed by atoms with Crippen LogP contribution in [0, 0.1) is 17.8 Å². The number of carbonyl (C=O) groups excluding carboxylic acids is 2. The molecule has 4 N–H and O–H groups in total. The Labute approximate surface area is 208 Å². The Hall–Kier alpha value is -2.45. The van der Waals surface area contributed by atoms with Gasteiger partial charge in [0.25, 0.3) is 0 Å². The number of benzene rings is 1. The lowest BCUT2D eigenvalue weighted by atomic mass is 9.88. The van der Waals surface area contributed by atoms with Crippen LogP contribution < -0.4 is 15.8 Å². The number of ketones is 1. The Morgan fingerprint density at radius 3 is 2.51 bits per heavy atom. The van der Waals surface area contributed by atoms with Crippen LogP contribution in [-0.4, -0.2) is 55.2 Å². The van der Waals surface area contributed by atoms with Crippen molar-refractivity contribution >= 4 is 17.7 Å². The van der Waals surface area contributed by atoms with E-state index in [-0.39, 0.29) is 36.5 Å². The summed E-state index contributed by atoms with van der Waals surface area (Å²) in [5.41, 5.74) is 6.43. The van der Waals surface area contributed by atoms with Gasteiger partial charge in [-0.3, -0.25) is 14.4 Å². The van der Waals surface area contributed by atoms with Gasteiger partial charge >= 0.3 is 5.97 Å². The Bertz CT molecular complexity index is 795. The van der Waals surface area contributed by atoms with E-state index in [1.54, 1.807) is 0 Å². The number of rotatable bonds is 10. The zero-order valence-corrected chi connectivity index (χ0v) is 21.2. The predicted molar refractivity (Wildman–Crippen MR) is 134 cm³/mol. The fourth-order valence-electron chi connectivity index (χ4n) is 4.15. The molecule has 2 heterocycles. The van der Waals surface area contributed by atoms with E-state index in [1.165, 1.54) is 0 Å². The third-order valence-electron chi connectivity index (χ3n) is 6.46. The molecule has 0 aliphatic carbocycles. The number of Topliss-reactive ketones (excluding diaryl/α,β-unsaturated/α-hetero) is 1. The second-order valence-electron chi connectivity index (χ2n) is 9.80. The van der Waals surface area contributed by atoms with E-state index in [2.05, 4.69) is 5.32 Å². The molecule has 0 unspecified atom stereocenters. The second-order valence-corrected chi connectivity index (χ2v) is 9.80. The van der Waals surface area contributed by atoms with Gasteiger partial charge in [-0.05, 0) is 62.3 Å². The summed E-state index contributed by atoms with van der Waals surface area (Å²) >= 11 is 0. The molecule has 0 spiro atoms. The summed E-state index contributed by atoms with van der Waals surface area (Å²) in [5.74, 6) is -1.82. The van der Waals surface area contributed by atoms with E-state index in [0.717, 1.165) is 30.6 Å². The number of nitrogens with two attached hydrogens (primary N) is 1. The number of fused-ring (bicyclic) bond motifs is 13. The summed E-state index contributed by atoms with van der Waals surface area (Å²) in [5, 5.41) is 12.6. The maximum Gasteiger partial charge on any atom is 0.306 e. The van der Waals surface area contributed by atoms with E-state index in [4.69, 9.17) is 15.2 Å². The number of aliphatic carboxylic acids is 1. The van der Waals surface area contributed by atoms with Crippen molar-refractivity contribution in [2.75, 3.05) is 26.4 Å². The number of nitrogens with one attached hydrogen (secondary N) is 1. The number of amides is 1. The molecule has 1 aromatic carbocycles. The standard InChI is InChI=1S/C27H42N2O6/c1-19(2)25-18-34-13-5-6-14-35-24-10-8-20(9-11-24)15-22(26(31)29-25)17-23(30)16-21(27(32)33)7-3-4-12-28/h8-11,19,21-22,25H,3-7,12-18,28H2,1-2H3,(H,29,31)(H,32,33)/t21-,22+,25-/m1/s1. The molecule has 0 fully saturated rings. The van der Waals surface area contributed by atoms with Gasteiger partial charge in [-0.25, -0.2) is 0 Å². The summed E-state index contributed by atoms with van der Waals surface area (Å²) < 4.78 is 11.6. The minimum atomic E-state index is -0.981. The third kappa shape index (κ3) is 10.8. The molecule has 0 aromatic heterocycles. The summed E-state index contributed by atoms with van der Waals surface area (Å²) in [6.07, 6.45) is 3.84. The lowest BCUT2D eigenvalue weighted by Gasteiger charge is -2.26. The number of hydrogen-bond donors (Lipinski definition) is 3. The average molecular weight is 491 g/mol. The molecule has 0 radical (unpaired) electrons. The Balaban J connectivity index is 2.17. The van der Waals surface area contributed by atoms with Crippen LogP contribution in [0.3, 0.4) is 0 Å². The monoisotopic (exact) mass is 490 g/mol. The second kappa shape index (κ2) is 15.5. The van der Waals surface area contributed by atoms with Crippen molar-refractivity contribution in [1.29, 1.82) is 0 Å². The van der Waals surface area contributed by atoms with Crippen molar-refractivity contribution < 1.29 is 29.0 Å². The zero-order valence-electron chi connectivity index (χ0n) is 21.2. The molecule has 35 heavy (non-hydrogen) atoms. The minimum Gasteiger partial charge on any atom is -0.494 e. The van der Waals surface area contributed by atoms with E-state index in [9.17, 15) is 19.5 Å². The first-order valence-corrected chi connectivity index (χ1v) is 12.8. The maximum atomic E-state index is 13.3. The Kier molecular flexibility index (Phi) is 12.8. The average Bonchev–Trinajstić information content (AvgIpc) is 2.81.